The molecular formula is C11H15FeO+. The van der Waals surface area contributed by atoms with Crippen molar-refractivity contribution in [1.82, 2.24) is 0 Å². The molecule has 1 N–H and O–H groups in total. The van der Waals surface area contributed by atoms with E-state index in [4.69, 9.17) is 5.11 Å². The monoisotopic (exact) mass is 219 g/mol. The third-order valence-corrected chi connectivity index (χ3v) is 1.21. The van der Waals surface area contributed by atoms with Gasteiger partial charge in [-0.05, 0) is 6.42 Å². The fourth-order valence-corrected chi connectivity index (χ4v) is 0.714. The van der Waals surface area contributed by atoms with E-state index in [1.807, 2.05) is 30.3 Å². The van der Waals surface area contributed by atoms with Gasteiger partial charge in [-0.25, -0.2) is 12.1 Å². The van der Waals surface area contributed by atoms with E-state index in [0.29, 0.717) is 0 Å². The fourth-order valence-electron chi connectivity index (χ4n) is 0.714. The molecule has 0 atom stereocenters. The van der Waals surface area contributed by atoms with Gasteiger partial charge in [-0.15, -0.1) is 0 Å². The van der Waals surface area contributed by atoms with Crippen LogP contribution in [0.1, 0.15) is 6.42 Å². The van der Waals surface area contributed by atoms with Crippen molar-refractivity contribution in [2.75, 3.05) is 7.11 Å². The van der Waals surface area contributed by atoms with Crippen molar-refractivity contribution in [3.63, 3.8) is 0 Å². The molecule has 0 radical (unpaired) electrons. The van der Waals surface area contributed by atoms with Crippen LogP contribution in [0.3, 0.4) is 0 Å². The fraction of sp³-hybridized carbons (Fsp3) is 0.182. The Morgan fingerprint density at radius 3 is 1.62 bits per heavy atom. The number of hydrogen-bond donors (Lipinski definition) is 1. The molecule has 0 heterocycles. The van der Waals surface area contributed by atoms with Crippen molar-refractivity contribution in [2.24, 2.45) is 0 Å². The van der Waals surface area contributed by atoms with E-state index in [1.165, 1.54) is 0 Å². The summed E-state index contributed by atoms with van der Waals surface area (Å²) in [5.74, 6) is 0. The van der Waals surface area contributed by atoms with Crippen LogP contribution in [-0.2, 0) is 17.1 Å². The van der Waals surface area contributed by atoms with Crippen molar-refractivity contribution < 1.29 is 22.2 Å². The number of hydrogen-bond acceptors (Lipinski definition) is 1. The van der Waals surface area contributed by atoms with Crippen LogP contribution in [0.25, 0.3) is 0 Å². The Balaban J connectivity index is 0. The van der Waals surface area contributed by atoms with E-state index in [2.05, 4.69) is 24.3 Å². The quantitative estimate of drug-likeness (QED) is 0.525. The van der Waals surface area contributed by atoms with E-state index in [9.17, 15) is 0 Å². The maximum atomic E-state index is 7.00. The van der Waals surface area contributed by atoms with E-state index in [0.717, 1.165) is 13.5 Å². The molecule has 0 spiro atoms. The summed E-state index contributed by atoms with van der Waals surface area (Å²) in [6, 6.07) is 10.0. The van der Waals surface area contributed by atoms with Gasteiger partial charge in [-0.3, -0.25) is 0 Å². The third-order valence-electron chi connectivity index (χ3n) is 1.21. The van der Waals surface area contributed by atoms with Crippen molar-refractivity contribution in [1.29, 1.82) is 0 Å². The molecule has 0 bridgehead atoms. The molecule has 72 valence electrons. The molecule has 13 heavy (non-hydrogen) atoms. The molecule has 0 saturated carbocycles. The van der Waals surface area contributed by atoms with Crippen molar-refractivity contribution in [3.8, 4) is 0 Å². The summed E-state index contributed by atoms with van der Waals surface area (Å²) in [7, 11) is 1.00. The van der Waals surface area contributed by atoms with Gasteiger partial charge in [0.1, 0.15) is 0 Å². The molecule has 1 aromatic rings. The summed E-state index contributed by atoms with van der Waals surface area (Å²) in [4.78, 5) is 0. The number of aliphatic hydroxyl groups is 1. The van der Waals surface area contributed by atoms with E-state index < -0.39 is 0 Å². The van der Waals surface area contributed by atoms with Crippen LogP contribution < -0.4 is 0 Å². The van der Waals surface area contributed by atoms with Crippen LogP contribution in [0.4, 0.5) is 0 Å². The van der Waals surface area contributed by atoms with E-state index in [1.54, 1.807) is 0 Å². The predicted molar refractivity (Wildman–Crippen MR) is 53.1 cm³/mol. The normalized spacial score (nSPS) is 10.3. The zero-order chi connectivity index (χ0) is 9.07. The van der Waals surface area contributed by atoms with Crippen LogP contribution in [0.15, 0.2) is 54.6 Å². The number of allylic oxidation sites excluding steroid dienone is 4. The first-order chi connectivity index (χ1) is 6.00. The average molecular weight is 219 g/mol. The second-order valence-electron chi connectivity index (χ2n) is 2.05. The minimum absolute atomic E-state index is 0. The first-order valence-corrected chi connectivity index (χ1v) is 3.93. The Morgan fingerprint density at radius 2 is 1.46 bits per heavy atom. The van der Waals surface area contributed by atoms with Gasteiger partial charge in [0, 0.05) is 7.11 Å². The molecule has 0 unspecified atom stereocenters. The molecule has 2 heteroatoms. The van der Waals surface area contributed by atoms with Crippen LogP contribution in [0.5, 0.6) is 0 Å². The minimum atomic E-state index is 0. The Labute approximate surface area is 90.6 Å². The Morgan fingerprint density at radius 1 is 1.00 bits per heavy atom. The molecule has 1 aliphatic carbocycles. The second kappa shape index (κ2) is 13.9. The van der Waals surface area contributed by atoms with Crippen molar-refractivity contribution in [2.45, 2.75) is 6.42 Å². The standard InChI is InChI=1S/C5H6.C5H5.CH4O.Fe/c2*1-2-4-5-3-1;1-2;/h1-4H,5H2;1-5H;2H,1H3;/q;-1;;+2. The number of aliphatic hydroxyl groups excluding tert-OH is 1. The molecule has 1 aliphatic rings. The Kier molecular flexibility index (Phi) is 15.8. The predicted octanol–water partition coefficient (Wildman–Crippen LogP) is 2.51. The van der Waals surface area contributed by atoms with Crippen LogP contribution in [0.2, 0.25) is 0 Å². The first-order valence-electron chi connectivity index (χ1n) is 3.93. The molecule has 0 saturated heterocycles. The Bertz CT molecular complexity index is 173. The number of rotatable bonds is 0. The molecule has 1 aromatic carbocycles. The maximum absolute atomic E-state index is 7.00. The summed E-state index contributed by atoms with van der Waals surface area (Å²) in [5, 5.41) is 7.00. The van der Waals surface area contributed by atoms with E-state index >= 15 is 0 Å². The van der Waals surface area contributed by atoms with Crippen molar-refractivity contribution in [3.05, 3.63) is 54.6 Å². The molecule has 0 aliphatic heterocycles. The summed E-state index contributed by atoms with van der Waals surface area (Å²) in [6.45, 7) is 0. The van der Waals surface area contributed by atoms with Crippen LogP contribution in [-0.4, -0.2) is 12.2 Å². The SMILES string of the molecule is C1=CCC=C1.CO.[Fe+2].c1cc[cH-]c1. The summed E-state index contributed by atoms with van der Waals surface area (Å²) in [5.41, 5.74) is 0. The topological polar surface area (TPSA) is 20.2 Å². The van der Waals surface area contributed by atoms with Crippen LogP contribution in [0, 0.1) is 0 Å². The largest absolute Gasteiger partial charge is 2.00 e. The van der Waals surface area contributed by atoms with Crippen LogP contribution >= 0.6 is 0 Å². The molecule has 0 amide bonds. The Hall–Kier alpha value is -0.691. The summed E-state index contributed by atoms with van der Waals surface area (Å²) < 4.78 is 0. The van der Waals surface area contributed by atoms with Gasteiger partial charge in [0.05, 0.1) is 0 Å². The maximum Gasteiger partial charge on any atom is 2.00 e. The minimum Gasteiger partial charge on any atom is -0.400 e. The zero-order valence-corrected chi connectivity index (χ0v) is 8.81. The van der Waals surface area contributed by atoms with Crippen molar-refractivity contribution >= 4 is 0 Å². The molecular weight excluding hydrogens is 204 g/mol. The smallest absolute Gasteiger partial charge is 0.400 e. The summed E-state index contributed by atoms with van der Waals surface area (Å²) in [6.07, 6.45) is 9.50. The van der Waals surface area contributed by atoms with Gasteiger partial charge in [0.15, 0.2) is 0 Å². The van der Waals surface area contributed by atoms with Gasteiger partial charge in [-0.2, -0.15) is 18.2 Å². The second-order valence-corrected chi connectivity index (χ2v) is 2.05. The van der Waals surface area contributed by atoms with Gasteiger partial charge >= 0.3 is 17.1 Å². The zero-order valence-electron chi connectivity index (χ0n) is 7.70. The van der Waals surface area contributed by atoms with Gasteiger partial charge < -0.3 is 5.11 Å². The van der Waals surface area contributed by atoms with Gasteiger partial charge in [0.25, 0.3) is 0 Å². The third kappa shape index (κ3) is 11.3. The van der Waals surface area contributed by atoms with Gasteiger partial charge in [-0.1, -0.05) is 24.3 Å². The van der Waals surface area contributed by atoms with Gasteiger partial charge in [0.2, 0.25) is 0 Å². The average Bonchev–Trinajstić information content (AvgIpc) is 2.87. The molecule has 0 aromatic heterocycles. The summed E-state index contributed by atoms with van der Waals surface area (Å²) >= 11 is 0. The molecule has 0 fully saturated rings. The van der Waals surface area contributed by atoms with E-state index in [-0.39, 0.29) is 17.1 Å². The molecule has 2 rings (SSSR count). The molecule has 1 nitrogen and oxygen atoms in total. The first kappa shape index (κ1) is 14.8.